The van der Waals surface area contributed by atoms with Crippen LogP contribution in [0.15, 0.2) is 23.8 Å². The van der Waals surface area contributed by atoms with Crippen LogP contribution in [-0.2, 0) is 4.79 Å². The second kappa shape index (κ2) is 2.81. The number of Topliss-reactive ketones (excluding diaryl/α,β-unsaturated/α-hetero) is 1. The normalized spacial score (nSPS) is 31.3. The topological polar surface area (TPSA) is 37.3 Å². The Bertz CT molecular complexity index is 297. The van der Waals surface area contributed by atoms with E-state index in [-0.39, 0.29) is 5.78 Å². The van der Waals surface area contributed by atoms with Gasteiger partial charge in [0.25, 0.3) is 0 Å². The quantitative estimate of drug-likeness (QED) is 0.668. The molecule has 0 amide bonds. The number of allylic oxidation sites excluding steroid dienone is 2. The van der Waals surface area contributed by atoms with Gasteiger partial charge in [-0.1, -0.05) is 32.1 Å². The molecule has 1 atom stereocenters. The second-order valence-corrected chi connectivity index (χ2v) is 4.20. The van der Waals surface area contributed by atoms with Crippen LogP contribution in [0.25, 0.3) is 0 Å². The number of hydrogen-bond donors (Lipinski definition) is 1. The third-order valence-corrected chi connectivity index (χ3v) is 2.87. The van der Waals surface area contributed by atoms with E-state index in [2.05, 4.69) is 0 Å². The summed E-state index contributed by atoms with van der Waals surface area (Å²) in [5.74, 6) is -0.199. The summed E-state index contributed by atoms with van der Waals surface area (Å²) >= 11 is 0. The lowest BCUT2D eigenvalue weighted by molar-refractivity contribution is -0.139. The molecule has 2 heteroatoms. The highest BCUT2D eigenvalue weighted by molar-refractivity contribution is 5.90. The van der Waals surface area contributed by atoms with Crippen molar-refractivity contribution in [2.24, 2.45) is 5.41 Å². The van der Waals surface area contributed by atoms with Crippen LogP contribution < -0.4 is 0 Å². The molecule has 1 aliphatic carbocycles. The van der Waals surface area contributed by atoms with Gasteiger partial charge in [0.1, 0.15) is 0 Å². The Morgan fingerprint density at radius 2 is 2.00 bits per heavy atom. The van der Waals surface area contributed by atoms with Crippen molar-refractivity contribution in [3.05, 3.63) is 23.8 Å². The van der Waals surface area contributed by atoms with E-state index >= 15 is 0 Å². The number of rotatable bonds is 1. The maximum Gasteiger partial charge on any atom is 0.166 e. The molecule has 2 nitrogen and oxygen atoms in total. The zero-order chi connectivity index (χ0) is 10.3. The van der Waals surface area contributed by atoms with Crippen molar-refractivity contribution in [3.63, 3.8) is 0 Å². The molecular formula is C11H16O2. The van der Waals surface area contributed by atoms with Crippen LogP contribution >= 0.6 is 0 Å². The number of carbonyl (C=O) groups excluding carboxylic acids is 1. The number of hydrogen-bond acceptors (Lipinski definition) is 2. The first-order valence-corrected chi connectivity index (χ1v) is 4.42. The van der Waals surface area contributed by atoms with Crippen molar-refractivity contribution in [1.29, 1.82) is 0 Å². The molecule has 0 heterocycles. The largest absolute Gasteiger partial charge is 0.377 e. The summed E-state index contributed by atoms with van der Waals surface area (Å²) in [6, 6.07) is 0. The van der Waals surface area contributed by atoms with Gasteiger partial charge < -0.3 is 5.11 Å². The van der Waals surface area contributed by atoms with Crippen molar-refractivity contribution in [3.8, 4) is 0 Å². The van der Waals surface area contributed by atoms with Crippen LogP contribution in [-0.4, -0.2) is 16.5 Å². The van der Waals surface area contributed by atoms with Gasteiger partial charge in [0.2, 0.25) is 0 Å². The average Bonchev–Trinajstić information content (AvgIpc) is 1.99. The highest BCUT2D eigenvalue weighted by Gasteiger charge is 2.48. The minimum atomic E-state index is -1.33. The van der Waals surface area contributed by atoms with Gasteiger partial charge in [0, 0.05) is 5.41 Å². The van der Waals surface area contributed by atoms with E-state index in [4.69, 9.17) is 0 Å². The SMILES string of the molecule is CC(=O)[C@]1(O)C(C)=CC=CC1(C)C. The van der Waals surface area contributed by atoms with Crippen molar-refractivity contribution < 1.29 is 9.90 Å². The van der Waals surface area contributed by atoms with Gasteiger partial charge in [-0.25, -0.2) is 0 Å². The van der Waals surface area contributed by atoms with Gasteiger partial charge in [-0.3, -0.25) is 4.79 Å². The summed E-state index contributed by atoms with van der Waals surface area (Å²) in [6.07, 6.45) is 5.53. The molecule has 0 saturated heterocycles. The molecule has 0 unspecified atom stereocenters. The summed E-state index contributed by atoms with van der Waals surface area (Å²) in [4.78, 5) is 11.4. The van der Waals surface area contributed by atoms with Crippen molar-refractivity contribution >= 4 is 5.78 Å². The zero-order valence-corrected chi connectivity index (χ0v) is 8.59. The summed E-state index contributed by atoms with van der Waals surface area (Å²) < 4.78 is 0. The van der Waals surface area contributed by atoms with Crippen LogP contribution in [0.2, 0.25) is 0 Å². The predicted molar refractivity (Wildman–Crippen MR) is 52.3 cm³/mol. The first-order chi connectivity index (χ1) is 5.82. The van der Waals surface area contributed by atoms with E-state index in [1.807, 2.05) is 26.0 Å². The minimum Gasteiger partial charge on any atom is -0.377 e. The highest BCUT2D eigenvalue weighted by atomic mass is 16.3. The van der Waals surface area contributed by atoms with Crippen LogP contribution in [0.4, 0.5) is 0 Å². The molecule has 72 valence electrons. The molecule has 13 heavy (non-hydrogen) atoms. The molecule has 0 aliphatic heterocycles. The monoisotopic (exact) mass is 180 g/mol. The molecule has 0 saturated carbocycles. The third kappa shape index (κ3) is 1.25. The fourth-order valence-corrected chi connectivity index (χ4v) is 1.91. The van der Waals surface area contributed by atoms with Crippen molar-refractivity contribution in [2.45, 2.75) is 33.3 Å². The Hall–Kier alpha value is -0.890. The Morgan fingerprint density at radius 1 is 1.46 bits per heavy atom. The molecule has 0 radical (unpaired) electrons. The van der Waals surface area contributed by atoms with Gasteiger partial charge >= 0.3 is 0 Å². The second-order valence-electron chi connectivity index (χ2n) is 4.20. The highest BCUT2D eigenvalue weighted by Crippen LogP contribution is 2.41. The van der Waals surface area contributed by atoms with E-state index < -0.39 is 11.0 Å². The first-order valence-electron chi connectivity index (χ1n) is 4.42. The summed E-state index contributed by atoms with van der Waals surface area (Å²) in [5, 5.41) is 10.3. The molecular weight excluding hydrogens is 164 g/mol. The van der Waals surface area contributed by atoms with Crippen molar-refractivity contribution in [2.75, 3.05) is 0 Å². The Morgan fingerprint density at radius 3 is 2.31 bits per heavy atom. The molecule has 0 bridgehead atoms. The van der Waals surface area contributed by atoms with Crippen LogP contribution in [0.1, 0.15) is 27.7 Å². The third-order valence-electron chi connectivity index (χ3n) is 2.87. The van der Waals surface area contributed by atoms with Crippen LogP contribution in [0.3, 0.4) is 0 Å². The maximum absolute atomic E-state index is 11.4. The van der Waals surface area contributed by atoms with Gasteiger partial charge in [-0.2, -0.15) is 0 Å². The van der Waals surface area contributed by atoms with E-state index in [9.17, 15) is 9.90 Å². The van der Waals surface area contributed by atoms with E-state index in [1.54, 1.807) is 13.0 Å². The summed E-state index contributed by atoms with van der Waals surface area (Å²) in [7, 11) is 0. The number of ketones is 1. The van der Waals surface area contributed by atoms with Gasteiger partial charge in [0.05, 0.1) is 0 Å². The van der Waals surface area contributed by atoms with Crippen LogP contribution in [0, 0.1) is 5.41 Å². The number of aliphatic hydroxyl groups is 1. The lowest BCUT2D eigenvalue weighted by Gasteiger charge is -2.41. The maximum atomic E-state index is 11.4. The summed E-state index contributed by atoms with van der Waals surface area (Å²) in [5.41, 5.74) is -1.13. The molecule has 0 aromatic heterocycles. The van der Waals surface area contributed by atoms with Crippen molar-refractivity contribution in [1.82, 2.24) is 0 Å². The van der Waals surface area contributed by atoms with Gasteiger partial charge in [-0.05, 0) is 19.4 Å². The molecule has 0 spiro atoms. The Balaban J connectivity index is 3.27. The van der Waals surface area contributed by atoms with E-state index in [1.165, 1.54) is 6.92 Å². The summed E-state index contributed by atoms with van der Waals surface area (Å²) in [6.45, 7) is 6.94. The fourth-order valence-electron chi connectivity index (χ4n) is 1.91. The predicted octanol–water partition coefficient (Wildman–Crippen LogP) is 1.85. The van der Waals surface area contributed by atoms with E-state index in [0.29, 0.717) is 5.57 Å². The Kier molecular flexibility index (Phi) is 2.20. The fraction of sp³-hybridized carbons (Fsp3) is 0.545. The van der Waals surface area contributed by atoms with Gasteiger partial charge in [0.15, 0.2) is 11.4 Å². The minimum absolute atomic E-state index is 0.199. The molecule has 1 rings (SSSR count). The molecule has 1 aliphatic rings. The standard InChI is InChI=1S/C11H16O2/c1-8-6-5-7-10(3,4)11(8,13)9(2)12/h5-7,13H,1-4H3/t11-/m1/s1. The van der Waals surface area contributed by atoms with E-state index in [0.717, 1.165) is 0 Å². The first kappa shape index (κ1) is 10.2. The lowest BCUT2D eigenvalue weighted by atomic mass is 9.66. The number of carbonyl (C=O) groups is 1. The van der Waals surface area contributed by atoms with Crippen LogP contribution in [0.5, 0.6) is 0 Å². The molecule has 0 aromatic rings. The molecule has 1 N–H and O–H groups in total. The Labute approximate surface area is 79.0 Å². The van der Waals surface area contributed by atoms with Gasteiger partial charge in [-0.15, -0.1) is 0 Å². The lowest BCUT2D eigenvalue weighted by Crippen LogP contribution is -2.51. The zero-order valence-electron chi connectivity index (χ0n) is 8.59. The molecule has 0 fully saturated rings. The smallest absolute Gasteiger partial charge is 0.166 e. The average molecular weight is 180 g/mol. The molecule has 0 aromatic carbocycles.